The Balaban J connectivity index is 0.823. The molecule has 2 aromatic carbocycles. The number of piperazine rings is 1. The lowest BCUT2D eigenvalue weighted by molar-refractivity contribution is -0.136. The van der Waals surface area contributed by atoms with Crippen LogP contribution in [0.4, 0.5) is 14.5 Å². The number of aromatic nitrogens is 2. The summed E-state index contributed by atoms with van der Waals surface area (Å²) in [7, 11) is 3.22. The minimum absolute atomic E-state index is 0.0684. The molecule has 17 nitrogen and oxygen atoms in total. The number of imidazole rings is 1. The molecule has 0 radical (unpaired) electrons. The van der Waals surface area contributed by atoms with Crippen molar-refractivity contribution >= 4 is 58.0 Å². The van der Waals surface area contributed by atoms with Crippen molar-refractivity contribution in [2.75, 3.05) is 83.9 Å². The van der Waals surface area contributed by atoms with Crippen LogP contribution in [0.5, 0.6) is 0 Å². The molecule has 1 aromatic heterocycles. The number of likely N-dealkylation sites (tertiary alicyclic amines) is 1. The molecule has 5 N–H and O–H groups in total. The van der Waals surface area contributed by atoms with Gasteiger partial charge in [-0.15, -0.1) is 0 Å². The molecule has 0 spiro atoms. The molecule has 1 unspecified atom stereocenters. The van der Waals surface area contributed by atoms with Crippen LogP contribution in [0.3, 0.4) is 0 Å². The first kappa shape index (κ1) is 48.8. The van der Waals surface area contributed by atoms with Gasteiger partial charge < -0.3 is 30.7 Å². The van der Waals surface area contributed by atoms with E-state index < -0.39 is 18.4 Å². The highest BCUT2D eigenvalue weighted by atomic mass is 19.3. The van der Waals surface area contributed by atoms with Gasteiger partial charge in [0.25, 0.3) is 6.43 Å². The Kier molecular flexibility index (Phi) is 15.1. The number of aliphatic imine (C=N–C) groups is 1. The summed E-state index contributed by atoms with van der Waals surface area (Å²) in [6, 6.07) is 8.05. The summed E-state index contributed by atoms with van der Waals surface area (Å²) in [5.74, 6) is 5.93. The van der Waals surface area contributed by atoms with Gasteiger partial charge in [-0.2, -0.15) is 0 Å². The third-order valence-corrected chi connectivity index (χ3v) is 14.2. The van der Waals surface area contributed by atoms with Gasteiger partial charge in [0.2, 0.25) is 23.6 Å². The van der Waals surface area contributed by atoms with Gasteiger partial charge >= 0.3 is 5.69 Å². The van der Waals surface area contributed by atoms with Gasteiger partial charge in [0.1, 0.15) is 11.9 Å². The number of hydrogen-bond donors (Lipinski definition) is 4. The average molecular weight is 949 g/mol. The fourth-order valence-electron chi connectivity index (χ4n) is 10.3. The van der Waals surface area contributed by atoms with E-state index in [4.69, 9.17) is 5.73 Å². The maximum absolute atomic E-state index is 14.6. The monoisotopic (exact) mass is 948 g/mol. The number of halogens is 2. The molecule has 0 saturated carbocycles. The Labute approximate surface area is 400 Å². The van der Waals surface area contributed by atoms with Gasteiger partial charge in [-0.1, -0.05) is 11.8 Å². The van der Waals surface area contributed by atoms with Gasteiger partial charge in [0.05, 0.1) is 24.1 Å². The van der Waals surface area contributed by atoms with Crippen LogP contribution in [0.15, 0.2) is 57.6 Å². The zero-order valence-corrected chi connectivity index (χ0v) is 39.7. The number of nitrogens with zero attached hydrogens (tertiary/aromatic N) is 8. The molecular formula is C50H62F2N12O5. The number of rotatable bonds is 11. The number of hydrogen-bond acceptors (Lipinski definition) is 11. The molecule has 0 bridgehead atoms. The summed E-state index contributed by atoms with van der Waals surface area (Å²) in [6.07, 6.45) is 4.24. The quantitative estimate of drug-likeness (QED) is 0.0960. The van der Waals surface area contributed by atoms with Crippen molar-refractivity contribution in [2.45, 2.75) is 76.8 Å². The molecule has 4 amide bonds. The van der Waals surface area contributed by atoms with Crippen molar-refractivity contribution in [1.82, 2.24) is 39.4 Å². The lowest BCUT2D eigenvalue weighted by atomic mass is 9.91. The van der Waals surface area contributed by atoms with Crippen LogP contribution in [0, 0.1) is 17.3 Å². The number of alkyl halides is 2. The minimum Gasteiger partial charge on any atom is -0.404 e. The van der Waals surface area contributed by atoms with Gasteiger partial charge in [0, 0.05) is 151 Å². The van der Waals surface area contributed by atoms with Crippen LogP contribution in [0.1, 0.15) is 86.6 Å². The molecule has 69 heavy (non-hydrogen) atoms. The number of piperidine rings is 2. The first-order valence-corrected chi connectivity index (χ1v) is 23.9. The first-order chi connectivity index (χ1) is 33.2. The maximum Gasteiger partial charge on any atom is 0.329 e. The molecule has 3 saturated heterocycles. The third-order valence-electron chi connectivity index (χ3n) is 14.2. The molecule has 5 aliphatic heterocycles. The molecule has 8 rings (SSSR count). The number of anilines is 1. The Bertz CT molecular complexity index is 2730. The SMILES string of the molecule is CN=CC(=CN)c1cc2c(cc1C(F)F)N(C(=N)C1=C(NC3CCN(C(=O)CCN4CCN(CC#Cc5ccc6c(c5)n(C)c(=O)n6C5CCC(=O)NC5=O)CC4)CC3)CCN(C(C)=O)C1)CCC2. The molecule has 3 fully saturated rings. The second kappa shape index (κ2) is 21.3. The predicted molar refractivity (Wildman–Crippen MR) is 261 cm³/mol. The molecule has 3 aromatic rings. The number of aryl methyl sites for hydroxylation is 2. The van der Waals surface area contributed by atoms with Crippen LogP contribution in [-0.2, 0) is 32.6 Å². The number of imide groups is 1. The normalized spacial score (nSPS) is 20.1. The number of nitrogens with one attached hydrogen (secondary N) is 3. The number of amides is 4. The zero-order chi connectivity index (χ0) is 48.9. The lowest BCUT2D eigenvalue weighted by Gasteiger charge is -2.39. The minimum atomic E-state index is -2.77. The van der Waals surface area contributed by atoms with E-state index in [0.29, 0.717) is 92.0 Å². The first-order valence-electron chi connectivity index (χ1n) is 23.9. The molecule has 6 heterocycles. The third kappa shape index (κ3) is 10.7. The van der Waals surface area contributed by atoms with Crippen molar-refractivity contribution in [2.24, 2.45) is 17.8 Å². The summed E-state index contributed by atoms with van der Waals surface area (Å²) in [5.41, 5.74) is 11.1. The van der Waals surface area contributed by atoms with E-state index >= 15 is 0 Å². The van der Waals surface area contributed by atoms with Crippen molar-refractivity contribution in [1.29, 1.82) is 5.41 Å². The van der Waals surface area contributed by atoms with E-state index in [9.17, 15) is 38.2 Å². The van der Waals surface area contributed by atoms with Crippen molar-refractivity contribution in [3.8, 4) is 11.8 Å². The number of allylic oxidation sites excluding steroid dienone is 1. The molecular weight excluding hydrogens is 887 g/mol. The van der Waals surface area contributed by atoms with E-state index in [1.807, 2.05) is 17.0 Å². The number of benzene rings is 2. The Morgan fingerprint density at radius 1 is 0.957 bits per heavy atom. The fourth-order valence-corrected chi connectivity index (χ4v) is 10.3. The smallest absolute Gasteiger partial charge is 0.329 e. The number of nitrogens with two attached hydrogens (primary N) is 1. The van der Waals surface area contributed by atoms with Crippen LogP contribution < -0.4 is 27.0 Å². The van der Waals surface area contributed by atoms with Crippen LogP contribution in [0.25, 0.3) is 16.6 Å². The second-order valence-corrected chi connectivity index (χ2v) is 18.5. The lowest BCUT2D eigenvalue weighted by Crippen LogP contribution is -2.49. The van der Waals surface area contributed by atoms with Crippen molar-refractivity contribution < 1.29 is 28.0 Å². The molecule has 0 aliphatic carbocycles. The van der Waals surface area contributed by atoms with E-state index in [-0.39, 0.29) is 60.2 Å². The van der Waals surface area contributed by atoms with Gasteiger partial charge in [0.15, 0.2) is 0 Å². The van der Waals surface area contributed by atoms with Crippen LogP contribution in [-0.4, -0.2) is 149 Å². The van der Waals surface area contributed by atoms with Crippen molar-refractivity contribution in [3.05, 3.63) is 80.5 Å². The molecule has 19 heteroatoms. The Hall–Kier alpha value is -6.65. The summed E-state index contributed by atoms with van der Waals surface area (Å²) in [5, 5.41) is 15.6. The molecule has 5 aliphatic rings. The number of amidine groups is 1. The van der Waals surface area contributed by atoms with E-state index in [1.54, 1.807) is 36.0 Å². The highest BCUT2D eigenvalue weighted by Gasteiger charge is 2.34. The number of carbonyl (C=O) groups excluding carboxylic acids is 4. The summed E-state index contributed by atoms with van der Waals surface area (Å²) in [6.45, 7) is 8.52. The number of carbonyl (C=O) groups is 4. The summed E-state index contributed by atoms with van der Waals surface area (Å²) in [4.78, 5) is 77.5. The predicted octanol–water partition coefficient (Wildman–Crippen LogP) is 3.13. The molecule has 1 atom stereocenters. The van der Waals surface area contributed by atoms with Crippen molar-refractivity contribution in [3.63, 3.8) is 0 Å². The maximum atomic E-state index is 14.6. The average Bonchev–Trinajstić information content (AvgIpc) is 3.59. The van der Waals surface area contributed by atoms with Gasteiger partial charge in [-0.3, -0.25) is 48.9 Å². The second-order valence-electron chi connectivity index (χ2n) is 18.5. The Morgan fingerprint density at radius 3 is 2.41 bits per heavy atom. The summed E-state index contributed by atoms with van der Waals surface area (Å²) >= 11 is 0. The summed E-state index contributed by atoms with van der Waals surface area (Å²) < 4.78 is 32.1. The topological polar surface area (TPSA) is 198 Å². The zero-order valence-electron chi connectivity index (χ0n) is 39.7. The van der Waals surface area contributed by atoms with Crippen LogP contribution >= 0.6 is 0 Å². The Morgan fingerprint density at radius 2 is 1.71 bits per heavy atom. The largest absolute Gasteiger partial charge is 0.404 e. The highest BCUT2D eigenvalue weighted by Crippen LogP contribution is 2.38. The fraction of sp³-hybridized carbons (Fsp3) is 0.500. The number of fused-ring (bicyclic) bond motifs is 2. The highest BCUT2D eigenvalue weighted by molar-refractivity contribution is 6.12. The van der Waals surface area contributed by atoms with E-state index in [2.05, 4.69) is 37.3 Å². The van der Waals surface area contributed by atoms with Crippen LogP contribution in [0.2, 0.25) is 0 Å². The van der Waals surface area contributed by atoms with Gasteiger partial charge in [-0.25, -0.2) is 13.6 Å². The van der Waals surface area contributed by atoms with Gasteiger partial charge in [-0.05, 0) is 73.6 Å². The molecule has 366 valence electrons. The van der Waals surface area contributed by atoms with E-state index in [1.165, 1.54) is 34.5 Å². The standard InChI is InChI=1S/C50H62F2N12O5/c1-32(65)62-21-14-40(39(31-62)48(54)63-17-5-7-34-27-37(35(29-53)30-55-2)38(47(51)52)28-43(34)63)56-36-12-19-61(20-13-36)46(67)15-18-60-24-22-59(23-25-60)16-4-6-33-8-9-41-44(26-33)58(3)50(69)64(41)42-10-11-45(66)57-49(42)68/h8-9,26-30,36,42,47,54,56H,5,7,10-25,31,53H2,1-3H3,(H,57,66,68). The van der Waals surface area contributed by atoms with E-state index in [0.717, 1.165) is 62.3 Å².